The van der Waals surface area contributed by atoms with Crippen molar-refractivity contribution in [3.63, 3.8) is 0 Å². The van der Waals surface area contributed by atoms with Gasteiger partial charge in [0.1, 0.15) is 0 Å². The number of ether oxygens (including phenoxy) is 2. The molecule has 1 fully saturated rings. The van der Waals surface area contributed by atoms with Gasteiger partial charge in [-0.25, -0.2) is 0 Å². The van der Waals surface area contributed by atoms with Crippen molar-refractivity contribution in [1.82, 2.24) is 0 Å². The number of halogens is 3. The van der Waals surface area contributed by atoms with Crippen molar-refractivity contribution < 1.29 is 27.4 Å². The first-order valence-electron chi connectivity index (χ1n) is 8.50. The molecule has 4 nitrogen and oxygen atoms in total. The average Bonchev–Trinajstić information content (AvgIpc) is 2.95. The van der Waals surface area contributed by atoms with Crippen LogP contribution in [0.5, 0.6) is 11.5 Å². The zero-order valence-corrected chi connectivity index (χ0v) is 17.1. The Morgan fingerprint density at radius 3 is 2.59 bits per heavy atom. The molecule has 0 saturated carbocycles. The number of thiocarbonyl (C=S) groups is 1. The molecule has 1 aliphatic heterocycles. The van der Waals surface area contributed by atoms with E-state index in [0.717, 1.165) is 28.8 Å². The maximum Gasteiger partial charge on any atom is 0.416 e. The quantitative estimate of drug-likeness (QED) is 0.453. The van der Waals surface area contributed by atoms with E-state index >= 15 is 0 Å². The number of anilines is 1. The number of carbonyl (C=O) groups is 1. The predicted octanol–water partition coefficient (Wildman–Crippen LogP) is 5.52. The van der Waals surface area contributed by atoms with E-state index < -0.39 is 17.6 Å². The Hall–Kier alpha value is -2.52. The monoisotopic (exact) mass is 439 g/mol. The minimum absolute atomic E-state index is 0.0791. The fraction of sp³-hybridized carbons (Fsp3) is 0.200. The van der Waals surface area contributed by atoms with Crippen LogP contribution in [-0.2, 0) is 11.0 Å². The Balaban J connectivity index is 1.92. The molecule has 0 bridgehead atoms. The molecule has 0 spiro atoms. The van der Waals surface area contributed by atoms with Crippen LogP contribution in [0.4, 0.5) is 18.9 Å². The highest BCUT2D eigenvalue weighted by molar-refractivity contribution is 8.27. The zero-order valence-electron chi connectivity index (χ0n) is 15.4. The number of nitrogens with zero attached hydrogens (tertiary/aromatic N) is 1. The lowest BCUT2D eigenvalue weighted by Crippen LogP contribution is -2.27. The van der Waals surface area contributed by atoms with Crippen molar-refractivity contribution in [1.29, 1.82) is 0 Å². The van der Waals surface area contributed by atoms with Gasteiger partial charge in [0, 0.05) is 0 Å². The Bertz CT molecular complexity index is 989. The number of alkyl halides is 3. The SMILES string of the molecule is CCOc1cc(/C=C2/SC(=S)N(c3cccc(C(F)(F)F)c3)C2=O)ccc1OC. The van der Waals surface area contributed by atoms with E-state index in [2.05, 4.69) is 0 Å². The standard InChI is InChI=1S/C20H16F3NO3S2/c1-3-27-16-9-12(7-8-15(16)26-2)10-17-18(25)24(19(28)29-17)14-6-4-5-13(11-14)20(21,22)23/h4-11H,3H2,1-2H3/b17-10+. The van der Waals surface area contributed by atoms with E-state index in [0.29, 0.717) is 28.6 Å². The van der Waals surface area contributed by atoms with Gasteiger partial charge in [-0.2, -0.15) is 13.2 Å². The summed E-state index contributed by atoms with van der Waals surface area (Å²) in [5.41, 5.74) is -0.0845. The number of carbonyl (C=O) groups excluding carboxylic acids is 1. The van der Waals surface area contributed by atoms with Crippen molar-refractivity contribution in [3.8, 4) is 11.5 Å². The topological polar surface area (TPSA) is 38.8 Å². The molecule has 2 aromatic rings. The second kappa shape index (κ2) is 8.46. The predicted molar refractivity (Wildman–Crippen MR) is 111 cm³/mol. The first kappa shape index (κ1) is 21.2. The number of methoxy groups -OCH3 is 1. The summed E-state index contributed by atoms with van der Waals surface area (Å²) >= 11 is 6.27. The van der Waals surface area contributed by atoms with Crippen LogP contribution < -0.4 is 14.4 Å². The Morgan fingerprint density at radius 1 is 1.17 bits per heavy atom. The van der Waals surface area contributed by atoms with Crippen molar-refractivity contribution in [3.05, 3.63) is 58.5 Å². The summed E-state index contributed by atoms with van der Waals surface area (Å²) in [6, 6.07) is 9.71. The second-order valence-corrected chi connectivity index (χ2v) is 7.58. The van der Waals surface area contributed by atoms with Crippen LogP contribution >= 0.6 is 24.0 Å². The van der Waals surface area contributed by atoms with E-state index in [1.165, 1.54) is 19.2 Å². The first-order valence-corrected chi connectivity index (χ1v) is 9.73. The lowest BCUT2D eigenvalue weighted by molar-refractivity contribution is -0.137. The number of hydrogen-bond acceptors (Lipinski definition) is 5. The van der Waals surface area contributed by atoms with Gasteiger partial charge in [-0.3, -0.25) is 9.69 Å². The summed E-state index contributed by atoms with van der Waals surface area (Å²) in [6.45, 7) is 2.28. The van der Waals surface area contributed by atoms with Crippen molar-refractivity contribution in [2.45, 2.75) is 13.1 Å². The highest BCUT2D eigenvalue weighted by Gasteiger charge is 2.36. The lowest BCUT2D eigenvalue weighted by atomic mass is 10.1. The molecule has 0 N–H and O–H groups in total. The van der Waals surface area contributed by atoms with Gasteiger partial charge >= 0.3 is 6.18 Å². The highest BCUT2D eigenvalue weighted by atomic mass is 32.2. The Kier molecular flexibility index (Phi) is 6.18. The van der Waals surface area contributed by atoms with Gasteiger partial charge in [-0.05, 0) is 48.9 Å². The zero-order chi connectivity index (χ0) is 21.2. The Labute approximate surface area is 175 Å². The third-order valence-electron chi connectivity index (χ3n) is 4.01. The first-order chi connectivity index (χ1) is 13.7. The molecule has 0 atom stereocenters. The van der Waals surface area contributed by atoms with E-state index in [1.807, 2.05) is 6.92 Å². The smallest absolute Gasteiger partial charge is 0.416 e. The normalized spacial score (nSPS) is 15.9. The van der Waals surface area contributed by atoms with Crippen LogP contribution in [0, 0.1) is 0 Å². The largest absolute Gasteiger partial charge is 0.493 e. The fourth-order valence-electron chi connectivity index (χ4n) is 2.71. The number of thioether (sulfide) groups is 1. The molecule has 1 amide bonds. The summed E-state index contributed by atoms with van der Waals surface area (Å²) in [7, 11) is 1.53. The van der Waals surface area contributed by atoms with Gasteiger partial charge in [-0.1, -0.05) is 36.1 Å². The average molecular weight is 439 g/mol. The number of hydrogen-bond donors (Lipinski definition) is 0. The van der Waals surface area contributed by atoms with Crippen molar-refractivity contribution in [2.24, 2.45) is 0 Å². The van der Waals surface area contributed by atoms with Gasteiger partial charge in [0.05, 0.1) is 29.9 Å². The van der Waals surface area contributed by atoms with E-state index in [1.54, 1.807) is 24.3 Å². The molecular formula is C20H16F3NO3S2. The minimum atomic E-state index is -4.51. The molecule has 3 rings (SSSR count). The summed E-state index contributed by atoms with van der Waals surface area (Å²) in [5.74, 6) is 0.603. The van der Waals surface area contributed by atoms with Crippen LogP contribution in [-0.4, -0.2) is 23.9 Å². The summed E-state index contributed by atoms with van der Waals surface area (Å²) in [4.78, 5) is 14.2. The van der Waals surface area contributed by atoms with Crippen LogP contribution in [0.1, 0.15) is 18.1 Å². The minimum Gasteiger partial charge on any atom is -0.493 e. The molecule has 1 heterocycles. The molecule has 1 aliphatic rings. The molecule has 1 saturated heterocycles. The Morgan fingerprint density at radius 2 is 1.93 bits per heavy atom. The summed E-state index contributed by atoms with van der Waals surface area (Å²) < 4.78 is 49.9. The number of amides is 1. The van der Waals surface area contributed by atoms with Gasteiger partial charge in [0.2, 0.25) is 0 Å². The maximum absolute atomic E-state index is 13.0. The second-order valence-electron chi connectivity index (χ2n) is 5.91. The van der Waals surface area contributed by atoms with E-state index in [9.17, 15) is 18.0 Å². The van der Waals surface area contributed by atoms with Gasteiger partial charge in [0.25, 0.3) is 5.91 Å². The van der Waals surface area contributed by atoms with Crippen LogP contribution in [0.25, 0.3) is 6.08 Å². The molecule has 0 aliphatic carbocycles. The van der Waals surface area contributed by atoms with Gasteiger partial charge in [-0.15, -0.1) is 0 Å². The number of benzene rings is 2. The molecule has 0 unspecified atom stereocenters. The maximum atomic E-state index is 13.0. The summed E-state index contributed by atoms with van der Waals surface area (Å²) in [6.07, 6.45) is -2.89. The van der Waals surface area contributed by atoms with Crippen LogP contribution in [0.3, 0.4) is 0 Å². The fourth-order valence-corrected chi connectivity index (χ4v) is 4.01. The summed E-state index contributed by atoms with van der Waals surface area (Å²) in [5, 5.41) is 0. The third-order valence-corrected chi connectivity index (χ3v) is 5.31. The lowest BCUT2D eigenvalue weighted by Gasteiger charge is -2.16. The highest BCUT2D eigenvalue weighted by Crippen LogP contribution is 2.39. The molecular weight excluding hydrogens is 423 g/mol. The van der Waals surface area contributed by atoms with E-state index in [-0.39, 0.29) is 10.0 Å². The molecule has 0 radical (unpaired) electrons. The van der Waals surface area contributed by atoms with Crippen LogP contribution in [0.2, 0.25) is 0 Å². The third kappa shape index (κ3) is 4.56. The molecule has 29 heavy (non-hydrogen) atoms. The van der Waals surface area contributed by atoms with Gasteiger partial charge in [0.15, 0.2) is 15.8 Å². The molecule has 0 aromatic heterocycles. The van der Waals surface area contributed by atoms with Crippen LogP contribution in [0.15, 0.2) is 47.4 Å². The molecule has 2 aromatic carbocycles. The van der Waals surface area contributed by atoms with Crippen molar-refractivity contribution in [2.75, 3.05) is 18.6 Å². The molecule has 152 valence electrons. The van der Waals surface area contributed by atoms with Crippen molar-refractivity contribution >= 4 is 46.0 Å². The molecule has 9 heteroatoms. The van der Waals surface area contributed by atoms with E-state index in [4.69, 9.17) is 21.7 Å². The number of rotatable bonds is 5. The van der Waals surface area contributed by atoms with Gasteiger partial charge < -0.3 is 9.47 Å².